The zero-order valence-corrected chi connectivity index (χ0v) is 13.3. The van der Waals surface area contributed by atoms with Crippen molar-refractivity contribution < 1.29 is 0 Å². The van der Waals surface area contributed by atoms with Crippen LogP contribution < -0.4 is 5.32 Å². The molecule has 0 aromatic carbocycles. The molecular weight excluding hydrogens is 238 g/mol. The first kappa shape index (κ1) is 14.7. The van der Waals surface area contributed by atoms with Gasteiger partial charge in [0.1, 0.15) is 0 Å². The number of hydrogen-bond acceptors (Lipinski definition) is 2. The molecule has 0 aromatic heterocycles. The van der Waals surface area contributed by atoms with Gasteiger partial charge in [-0.05, 0) is 56.6 Å². The molecule has 0 amide bonds. The van der Waals surface area contributed by atoms with E-state index in [9.17, 15) is 0 Å². The summed E-state index contributed by atoms with van der Waals surface area (Å²) < 4.78 is 0.533. The molecule has 1 N–H and O–H groups in total. The topological polar surface area (TPSA) is 12.0 Å². The van der Waals surface area contributed by atoms with Gasteiger partial charge in [-0.2, -0.15) is 11.8 Å². The summed E-state index contributed by atoms with van der Waals surface area (Å²) in [5.41, 5.74) is 0. The van der Waals surface area contributed by atoms with Crippen LogP contribution >= 0.6 is 11.8 Å². The summed E-state index contributed by atoms with van der Waals surface area (Å²) in [6, 6.07) is 0.806. The molecule has 2 aliphatic rings. The molecule has 1 aliphatic heterocycles. The molecule has 0 spiro atoms. The van der Waals surface area contributed by atoms with E-state index in [-0.39, 0.29) is 0 Å². The monoisotopic (exact) mass is 269 g/mol. The van der Waals surface area contributed by atoms with Gasteiger partial charge in [0.2, 0.25) is 0 Å². The van der Waals surface area contributed by atoms with Gasteiger partial charge in [-0.25, -0.2) is 0 Å². The van der Waals surface area contributed by atoms with E-state index in [1.165, 1.54) is 57.2 Å². The van der Waals surface area contributed by atoms with Crippen molar-refractivity contribution in [1.29, 1.82) is 0 Å². The number of rotatable bonds is 5. The Hall–Kier alpha value is 0.310. The molecule has 0 bridgehead atoms. The molecule has 18 heavy (non-hydrogen) atoms. The minimum atomic E-state index is 0.533. The van der Waals surface area contributed by atoms with Crippen molar-refractivity contribution in [2.75, 3.05) is 12.3 Å². The van der Waals surface area contributed by atoms with Crippen LogP contribution in [-0.2, 0) is 0 Å². The summed E-state index contributed by atoms with van der Waals surface area (Å²) in [4.78, 5) is 0. The van der Waals surface area contributed by atoms with Gasteiger partial charge in [0, 0.05) is 17.3 Å². The van der Waals surface area contributed by atoms with E-state index in [4.69, 9.17) is 0 Å². The smallest absolute Gasteiger partial charge is 0.0256 e. The summed E-state index contributed by atoms with van der Waals surface area (Å²) in [7, 11) is 0. The molecule has 1 aliphatic carbocycles. The minimum Gasteiger partial charge on any atom is -0.313 e. The number of hydrogen-bond donors (Lipinski definition) is 1. The van der Waals surface area contributed by atoms with E-state index in [1.807, 2.05) is 0 Å². The van der Waals surface area contributed by atoms with Gasteiger partial charge in [-0.1, -0.05) is 26.7 Å². The molecule has 2 rings (SSSR count). The predicted molar refractivity (Wildman–Crippen MR) is 83.3 cm³/mol. The highest BCUT2D eigenvalue weighted by Gasteiger charge is 2.31. The molecule has 3 unspecified atom stereocenters. The average Bonchev–Trinajstić information content (AvgIpc) is 2.74. The fourth-order valence-corrected chi connectivity index (χ4v) is 4.95. The fraction of sp³-hybridized carbons (Fsp3) is 1.00. The first-order valence-corrected chi connectivity index (χ1v) is 8.93. The molecule has 0 radical (unpaired) electrons. The van der Waals surface area contributed by atoms with Gasteiger partial charge in [0.25, 0.3) is 0 Å². The highest BCUT2D eigenvalue weighted by atomic mass is 32.2. The van der Waals surface area contributed by atoms with Crippen LogP contribution in [0.3, 0.4) is 0 Å². The summed E-state index contributed by atoms with van der Waals surface area (Å²) in [6.45, 7) is 8.42. The van der Waals surface area contributed by atoms with Crippen molar-refractivity contribution in [1.82, 2.24) is 5.32 Å². The van der Waals surface area contributed by atoms with Crippen LogP contribution in [0.15, 0.2) is 0 Å². The highest BCUT2D eigenvalue weighted by molar-refractivity contribution is 8.00. The second-order valence-electron chi connectivity index (χ2n) is 7.14. The van der Waals surface area contributed by atoms with Crippen LogP contribution in [0.1, 0.15) is 65.7 Å². The van der Waals surface area contributed by atoms with Gasteiger partial charge in [-0.15, -0.1) is 0 Å². The second-order valence-corrected chi connectivity index (χ2v) is 8.82. The van der Waals surface area contributed by atoms with Crippen LogP contribution in [0.4, 0.5) is 0 Å². The third-order valence-electron chi connectivity index (χ3n) is 4.65. The number of thioether (sulfide) groups is 1. The van der Waals surface area contributed by atoms with Gasteiger partial charge < -0.3 is 5.32 Å². The van der Waals surface area contributed by atoms with Gasteiger partial charge in [0.15, 0.2) is 0 Å². The van der Waals surface area contributed by atoms with Crippen molar-refractivity contribution in [2.24, 2.45) is 11.8 Å². The molecular formula is C16H31NS. The summed E-state index contributed by atoms with van der Waals surface area (Å²) in [6.07, 6.45) is 10.0. The second kappa shape index (κ2) is 6.65. The van der Waals surface area contributed by atoms with Gasteiger partial charge >= 0.3 is 0 Å². The van der Waals surface area contributed by atoms with Crippen LogP contribution in [0.5, 0.6) is 0 Å². The molecule has 106 valence electrons. The largest absolute Gasteiger partial charge is 0.313 e. The predicted octanol–water partition coefficient (Wildman–Crippen LogP) is 4.47. The SMILES string of the molecule is CC(C)CC1CCCC(NCC2(C)CCCS2)C1. The van der Waals surface area contributed by atoms with E-state index < -0.39 is 0 Å². The lowest BCUT2D eigenvalue weighted by atomic mass is 9.81. The lowest BCUT2D eigenvalue weighted by Crippen LogP contribution is -2.41. The molecule has 3 atom stereocenters. The van der Waals surface area contributed by atoms with E-state index in [1.54, 1.807) is 0 Å². The van der Waals surface area contributed by atoms with Crippen LogP contribution in [-0.4, -0.2) is 23.1 Å². The fourth-order valence-electron chi connectivity index (χ4n) is 3.69. The molecule has 1 nitrogen and oxygen atoms in total. The lowest BCUT2D eigenvalue weighted by molar-refractivity contribution is 0.249. The average molecular weight is 269 g/mol. The Morgan fingerprint density at radius 3 is 2.78 bits per heavy atom. The van der Waals surface area contributed by atoms with Crippen LogP contribution in [0.25, 0.3) is 0 Å². The third kappa shape index (κ3) is 4.45. The summed E-state index contributed by atoms with van der Waals surface area (Å²) in [5.74, 6) is 3.23. The maximum Gasteiger partial charge on any atom is 0.0256 e. The molecule has 2 fully saturated rings. The van der Waals surface area contributed by atoms with Crippen molar-refractivity contribution in [3.8, 4) is 0 Å². The molecule has 2 heteroatoms. The highest BCUT2D eigenvalue weighted by Crippen LogP contribution is 2.37. The van der Waals surface area contributed by atoms with Gasteiger partial charge in [0.05, 0.1) is 0 Å². The maximum atomic E-state index is 3.89. The molecule has 1 saturated carbocycles. The maximum absolute atomic E-state index is 3.89. The quantitative estimate of drug-likeness (QED) is 0.790. The van der Waals surface area contributed by atoms with E-state index in [2.05, 4.69) is 37.8 Å². The summed E-state index contributed by atoms with van der Waals surface area (Å²) >= 11 is 2.18. The Bertz CT molecular complexity index is 245. The van der Waals surface area contributed by atoms with Crippen LogP contribution in [0, 0.1) is 11.8 Å². The van der Waals surface area contributed by atoms with Crippen molar-refractivity contribution in [2.45, 2.75) is 76.5 Å². The first-order valence-electron chi connectivity index (χ1n) is 7.95. The zero-order chi connectivity index (χ0) is 13.0. The molecule has 1 saturated heterocycles. The Morgan fingerprint density at radius 1 is 1.28 bits per heavy atom. The zero-order valence-electron chi connectivity index (χ0n) is 12.5. The third-order valence-corrected chi connectivity index (χ3v) is 6.19. The van der Waals surface area contributed by atoms with Crippen molar-refractivity contribution >= 4 is 11.8 Å². The van der Waals surface area contributed by atoms with E-state index in [0.29, 0.717) is 4.75 Å². The minimum absolute atomic E-state index is 0.533. The van der Waals surface area contributed by atoms with Crippen molar-refractivity contribution in [3.05, 3.63) is 0 Å². The van der Waals surface area contributed by atoms with Crippen LogP contribution in [0.2, 0.25) is 0 Å². The van der Waals surface area contributed by atoms with Crippen molar-refractivity contribution in [3.63, 3.8) is 0 Å². The normalized spacial score (nSPS) is 37.3. The lowest BCUT2D eigenvalue weighted by Gasteiger charge is -2.33. The summed E-state index contributed by atoms with van der Waals surface area (Å²) in [5, 5.41) is 3.89. The van der Waals surface area contributed by atoms with Gasteiger partial charge in [-0.3, -0.25) is 0 Å². The molecule has 0 aromatic rings. The Labute approximate surface area is 118 Å². The Kier molecular flexibility index (Phi) is 5.44. The van der Waals surface area contributed by atoms with E-state index in [0.717, 1.165) is 17.9 Å². The standard InChI is InChI=1S/C16H31NS/c1-13(2)10-14-6-4-7-15(11-14)17-12-16(3)8-5-9-18-16/h13-15,17H,4-12H2,1-3H3. The molecule has 1 heterocycles. The Morgan fingerprint density at radius 2 is 2.11 bits per heavy atom. The Balaban J connectivity index is 1.72. The first-order chi connectivity index (χ1) is 8.57. The number of nitrogens with one attached hydrogen (secondary N) is 1. The van der Waals surface area contributed by atoms with E-state index >= 15 is 0 Å².